The van der Waals surface area contributed by atoms with E-state index in [-0.39, 0.29) is 0 Å². The van der Waals surface area contributed by atoms with E-state index in [1.54, 1.807) is 7.11 Å². The molecule has 0 aromatic heterocycles. The van der Waals surface area contributed by atoms with Gasteiger partial charge in [-0.3, -0.25) is 0 Å². The minimum absolute atomic E-state index is 0.301. The van der Waals surface area contributed by atoms with Crippen LogP contribution in [0.5, 0.6) is 5.75 Å². The third-order valence-corrected chi connectivity index (χ3v) is 4.50. The lowest BCUT2D eigenvalue weighted by atomic mass is 9.93. The fourth-order valence-corrected chi connectivity index (χ4v) is 3.63. The molecule has 0 spiro atoms. The molecule has 1 aliphatic rings. The first-order chi connectivity index (χ1) is 9.67. The zero-order valence-corrected chi connectivity index (χ0v) is 13.5. The SMILES string of the molecule is COc1cccc(C2CCc3cc(Cl)cc(Br)c3N2)c1. The van der Waals surface area contributed by atoms with E-state index in [9.17, 15) is 0 Å². The Morgan fingerprint density at radius 3 is 2.95 bits per heavy atom. The number of hydrogen-bond acceptors (Lipinski definition) is 2. The number of rotatable bonds is 2. The molecule has 3 rings (SSSR count). The first-order valence-corrected chi connectivity index (χ1v) is 7.73. The third-order valence-electron chi connectivity index (χ3n) is 3.65. The highest BCUT2D eigenvalue weighted by Gasteiger charge is 2.21. The molecular formula is C16H15BrClNO. The number of benzene rings is 2. The van der Waals surface area contributed by atoms with Crippen LogP contribution >= 0.6 is 27.5 Å². The average Bonchev–Trinajstić information content (AvgIpc) is 2.47. The monoisotopic (exact) mass is 351 g/mol. The Labute approximate surface area is 132 Å². The first kappa shape index (κ1) is 13.8. The molecular weight excluding hydrogens is 338 g/mol. The molecule has 1 N–H and O–H groups in total. The van der Waals surface area contributed by atoms with Crippen molar-refractivity contribution in [2.24, 2.45) is 0 Å². The lowest BCUT2D eigenvalue weighted by Gasteiger charge is -2.28. The summed E-state index contributed by atoms with van der Waals surface area (Å²) in [5, 5.41) is 4.37. The Kier molecular flexibility index (Phi) is 3.90. The van der Waals surface area contributed by atoms with E-state index < -0.39 is 0 Å². The van der Waals surface area contributed by atoms with Crippen molar-refractivity contribution in [1.29, 1.82) is 0 Å². The highest BCUT2D eigenvalue weighted by atomic mass is 79.9. The fourth-order valence-electron chi connectivity index (χ4n) is 2.64. The molecule has 2 nitrogen and oxygen atoms in total. The molecule has 20 heavy (non-hydrogen) atoms. The highest BCUT2D eigenvalue weighted by Crippen LogP contribution is 2.39. The minimum atomic E-state index is 0.301. The molecule has 0 bridgehead atoms. The van der Waals surface area contributed by atoms with Crippen LogP contribution < -0.4 is 10.1 Å². The maximum absolute atomic E-state index is 6.10. The van der Waals surface area contributed by atoms with Gasteiger partial charge in [0.1, 0.15) is 5.75 Å². The van der Waals surface area contributed by atoms with Crippen LogP contribution in [0.15, 0.2) is 40.9 Å². The second-order valence-corrected chi connectivity index (χ2v) is 6.22. The quantitative estimate of drug-likeness (QED) is 0.801. The van der Waals surface area contributed by atoms with Crippen LogP contribution in [0.1, 0.15) is 23.6 Å². The van der Waals surface area contributed by atoms with Crippen LogP contribution in [0.2, 0.25) is 5.02 Å². The molecule has 0 amide bonds. The Balaban J connectivity index is 1.91. The molecule has 0 fully saturated rings. The fraction of sp³-hybridized carbons (Fsp3) is 0.250. The Morgan fingerprint density at radius 2 is 2.15 bits per heavy atom. The number of hydrogen-bond donors (Lipinski definition) is 1. The molecule has 1 atom stereocenters. The molecule has 0 radical (unpaired) electrons. The number of halogens is 2. The summed E-state index contributed by atoms with van der Waals surface area (Å²) in [5.41, 5.74) is 3.66. The number of fused-ring (bicyclic) bond motifs is 1. The van der Waals surface area contributed by atoms with Crippen molar-refractivity contribution < 1.29 is 4.74 Å². The summed E-state index contributed by atoms with van der Waals surface area (Å²) in [6.07, 6.45) is 2.07. The van der Waals surface area contributed by atoms with E-state index in [0.717, 1.165) is 33.8 Å². The van der Waals surface area contributed by atoms with Crippen molar-refractivity contribution in [2.75, 3.05) is 12.4 Å². The predicted molar refractivity (Wildman–Crippen MR) is 86.8 cm³/mol. The first-order valence-electron chi connectivity index (χ1n) is 6.56. The molecule has 1 heterocycles. The van der Waals surface area contributed by atoms with Crippen molar-refractivity contribution >= 4 is 33.2 Å². The smallest absolute Gasteiger partial charge is 0.119 e. The molecule has 1 aliphatic heterocycles. The van der Waals surface area contributed by atoms with Crippen molar-refractivity contribution in [3.8, 4) is 5.75 Å². The van der Waals surface area contributed by atoms with E-state index in [1.807, 2.05) is 24.3 Å². The summed E-state index contributed by atoms with van der Waals surface area (Å²) in [5.74, 6) is 0.894. The van der Waals surface area contributed by atoms with Crippen molar-refractivity contribution in [1.82, 2.24) is 0 Å². The van der Waals surface area contributed by atoms with Crippen molar-refractivity contribution in [3.63, 3.8) is 0 Å². The molecule has 2 aromatic carbocycles. The summed E-state index contributed by atoms with van der Waals surface area (Å²) >= 11 is 9.69. The molecule has 0 saturated carbocycles. The Bertz CT molecular complexity index is 644. The largest absolute Gasteiger partial charge is 0.497 e. The average molecular weight is 353 g/mol. The minimum Gasteiger partial charge on any atom is -0.497 e. The van der Waals surface area contributed by atoms with Crippen molar-refractivity contribution in [2.45, 2.75) is 18.9 Å². The van der Waals surface area contributed by atoms with Gasteiger partial charge >= 0.3 is 0 Å². The van der Waals surface area contributed by atoms with Gasteiger partial charge in [-0.25, -0.2) is 0 Å². The van der Waals surface area contributed by atoms with Crippen molar-refractivity contribution in [3.05, 3.63) is 57.0 Å². The van der Waals surface area contributed by atoms with Crippen LogP contribution in [0.25, 0.3) is 0 Å². The summed E-state index contributed by atoms with van der Waals surface area (Å²) in [6.45, 7) is 0. The van der Waals surface area contributed by atoms with Crippen LogP contribution in [0.3, 0.4) is 0 Å². The maximum Gasteiger partial charge on any atom is 0.119 e. The third kappa shape index (κ3) is 2.65. The normalized spacial score (nSPS) is 17.2. The molecule has 104 valence electrons. The standard InChI is InChI=1S/C16H15BrClNO/c1-20-13-4-2-3-10(8-13)15-6-5-11-7-12(18)9-14(17)16(11)19-15/h2-4,7-9,15,19H,5-6H2,1H3. The number of methoxy groups -OCH3 is 1. The summed E-state index contributed by atoms with van der Waals surface area (Å²) in [4.78, 5) is 0. The highest BCUT2D eigenvalue weighted by molar-refractivity contribution is 9.10. The van der Waals surface area contributed by atoms with Gasteiger partial charge < -0.3 is 10.1 Å². The summed E-state index contributed by atoms with van der Waals surface area (Å²) in [6, 6.07) is 12.5. The van der Waals surface area contributed by atoms with Gasteiger partial charge in [-0.05, 0) is 64.2 Å². The van der Waals surface area contributed by atoms with Gasteiger partial charge in [-0.2, -0.15) is 0 Å². The zero-order chi connectivity index (χ0) is 14.1. The van der Waals surface area contributed by atoms with Crippen LogP contribution in [-0.2, 0) is 6.42 Å². The van der Waals surface area contributed by atoms with Crippen LogP contribution in [0.4, 0.5) is 5.69 Å². The lowest BCUT2D eigenvalue weighted by molar-refractivity contribution is 0.414. The van der Waals surface area contributed by atoms with E-state index in [1.165, 1.54) is 11.1 Å². The van der Waals surface area contributed by atoms with Crippen LogP contribution in [-0.4, -0.2) is 7.11 Å². The number of aryl methyl sites for hydroxylation is 1. The molecule has 1 unspecified atom stereocenters. The second-order valence-electron chi connectivity index (χ2n) is 4.93. The molecule has 0 saturated heterocycles. The van der Waals surface area contributed by atoms with E-state index in [0.29, 0.717) is 6.04 Å². The second kappa shape index (κ2) is 5.66. The van der Waals surface area contributed by atoms with Gasteiger partial charge in [0.05, 0.1) is 18.8 Å². The number of anilines is 1. The maximum atomic E-state index is 6.10. The van der Waals surface area contributed by atoms with Gasteiger partial charge in [-0.15, -0.1) is 0 Å². The summed E-state index contributed by atoms with van der Waals surface area (Å²) in [7, 11) is 1.70. The van der Waals surface area contributed by atoms with Gasteiger partial charge in [0, 0.05) is 9.50 Å². The number of nitrogens with one attached hydrogen (secondary N) is 1. The number of ether oxygens (including phenoxy) is 1. The van der Waals surface area contributed by atoms with Gasteiger partial charge in [-0.1, -0.05) is 23.7 Å². The van der Waals surface area contributed by atoms with Gasteiger partial charge in [0.2, 0.25) is 0 Å². The summed E-state index contributed by atoms with van der Waals surface area (Å²) < 4.78 is 6.32. The molecule has 2 aromatic rings. The van der Waals surface area contributed by atoms with Gasteiger partial charge in [0.25, 0.3) is 0 Å². The van der Waals surface area contributed by atoms with E-state index in [4.69, 9.17) is 16.3 Å². The van der Waals surface area contributed by atoms with Crippen LogP contribution in [0, 0.1) is 0 Å². The zero-order valence-electron chi connectivity index (χ0n) is 11.1. The lowest BCUT2D eigenvalue weighted by Crippen LogP contribution is -2.18. The molecule has 4 heteroatoms. The molecule has 0 aliphatic carbocycles. The van der Waals surface area contributed by atoms with E-state index >= 15 is 0 Å². The predicted octanol–water partition coefficient (Wildman–Crippen LogP) is 5.21. The topological polar surface area (TPSA) is 21.3 Å². The Morgan fingerprint density at radius 1 is 1.30 bits per heavy atom. The Hall–Kier alpha value is -1.19. The van der Waals surface area contributed by atoms with Gasteiger partial charge in [0.15, 0.2) is 0 Å². The van der Waals surface area contributed by atoms with E-state index in [2.05, 4.69) is 33.4 Å².